The Balaban J connectivity index is 1.80. The van der Waals surface area contributed by atoms with E-state index in [9.17, 15) is 4.79 Å². The number of nitrogens with one attached hydrogen (secondary N) is 1. The Morgan fingerprint density at radius 2 is 2.09 bits per heavy atom. The monoisotopic (exact) mass is 326 g/mol. The first-order valence-electron chi connectivity index (χ1n) is 7.92. The molecule has 118 valence electrons. The summed E-state index contributed by atoms with van der Waals surface area (Å²) in [5.74, 6) is -0.186. The molecule has 1 aromatic carbocycles. The number of benzene rings is 1. The van der Waals surface area contributed by atoms with Crippen LogP contribution in [0.5, 0.6) is 0 Å². The lowest BCUT2D eigenvalue weighted by molar-refractivity contribution is 0.0946. The van der Waals surface area contributed by atoms with Crippen molar-refractivity contribution >= 4 is 23.1 Å². The van der Waals surface area contributed by atoms with Crippen molar-refractivity contribution in [1.82, 2.24) is 10.3 Å². The molecule has 4 heteroatoms. The largest absolute Gasteiger partial charge is 0.347 e. The van der Waals surface area contributed by atoms with Crippen molar-refractivity contribution in [3.05, 3.63) is 70.5 Å². The Hall–Kier alpha value is -2.13. The van der Waals surface area contributed by atoms with Crippen molar-refractivity contribution in [3.8, 4) is 0 Å². The standard InChI is InChI=1S/C19H19ClN2O/c20-17-10-6-9-15(14-7-2-1-3-8-14)16(17)13-22-19(23)18-11-4-5-12-21-18/h4-7,9-12H,1-3,8,13H2,(H,22,23). The number of amides is 1. The SMILES string of the molecule is O=C(NCc1c(Cl)cccc1C1=CCCCC1)c1ccccn1. The van der Waals surface area contributed by atoms with Crippen LogP contribution >= 0.6 is 11.6 Å². The molecule has 0 fully saturated rings. The molecule has 0 saturated heterocycles. The number of nitrogens with zero attached hydrogens (tertiary/aromatic N) is 1. The predicted octanol–water partition coefficient (Wildman–Crippen LogP) is 4.62. The summed E-state index contributed by atoms with van der Waals surface area (Å²) in [6.45, 7) is 0.405. The number of hydrogen-bond acceptors (Lipinski definition) is 2. The molecule has 0 unspecified atom stereocenters. The molecule has 3 rings (SSSR count). The van der Waals surface area contributed by atoms with Crippen molar-refractivity contribution in [2.75, 3.05) is 0 Å². The van der Waals surface area contributed by atoms with E-state index in [4.69, 9.17) is 11.6 Å². The highest BCUT2D eigenvalue weighted by molar-refractivity contribution is 6.31. The van der Waals surface area contributed by atoms with Crippen LogP contribution in [0.15, 0.2) is 48.7 Å². The number of halogens is 1. The molecular formula is C19H19ClN2O. The third-order valence-corrected chi connectivity index (χ3v) is 4.43. The zero-order valence-corrected chi connectivity index (χ0v) is 13.6. The minimum atomic E-state index is -0.186. The van der Waals surface area contributed by atoms with Crippen LogP contribution in [0.1, 0.15) is 47.3 Å². The van der Waals surface area contributed by atoms with Gasteiger partial charge in [0.1, 0.15) is 5.69 Å². The van der Waals surface area contributed by atoms with Crippen LogP contribution in [0.3, 0.4) is 0 Å². The number of pyridine rings is 1. The quantitative estimate of drug-likeness (QED) is 0.890. The normalized spacial score (nSPS) is 14.2. The third-order valence-electron chi connectivity index (χ3n) is 4.08. The van der Waals surface area contributed by atoms with Crippen LogP contribution in [0.25, 0.3) is 5.57 Å². The summed E-state index contributed by atoms with van der Waals surface area (Å²) < 4.78 is 0. The lowest BCUT2D eigenvalue weighted by atomic mass is 9.90. The summed E-state index contributed by atoms with van der Waals surface area (Å²) in [6.07, 6.45) is 8.54. The highest BCUT2D eigenvalue weighted by Crippen LogP contribution is 2.32. The highest BCUT2D eigenvalue weighted by Gasteiger charge is 2.14. The molecule has 0 saturated carbocycles. The lowest BCUT2D eigenvalue weighted by Gasteiger charge is -2.18. The zero-order chi connectivity index (χ0) is 16.1. The van der Waals surface area contributed by atoms with Gasteiger partial charge < -0.3 is 5.32 Å². The summed E-state index contributed by atoms with van der Waals surface area (Å²) in [4.78, 5) is 16.3. The van der Waals surface area contributed by atoms with E-state index >= 15 is 0 Å². The van der Waals surface area contributed by atoms with Gasteiger partial charge in [-0.15, -0.1) is 0 Å². The van der Waals surface area contributed by atoms with Gasteiger partial charge in [-0.3, -0.25) is 9.78 Å². The Morgan fingerprint density at radius 1 is 1.17 bits per heavy atom. The van der Waals surface area contributed by atoms with Crippen molar-refractivity contribution in [3.63, 3.8) is 0 Å². The summed E-state index contributed by atoms with van der Waals surface area (Å²) in [5.41, 5.74) is 3.88. The first-order valence-corrected chi connectivity index (χ1v) is 8.29. The Bertz CT molecular complexity index is 725. The van der Waals surface area contributed by atoms with E-state index in [1.165, 1.54) is 18.4 Å². The topological polar surface area (TPSA) is 42.0 Å². The van der Waals surface area contributed by atoms with Gasteiger partial charge in [0.2, 0.25) is 0 Å². The van der Waals surface area contributed by atoms with Gasteiger partial charge in [0.05, 0.1) is 0 Å². The fraction of sp³-hybridized carbons (Fsp3) is 0.263. The molecule has 2 aromatic rings. The summed E-state index contributed by atoms with van der Waals surface area (Å²) in [5, 5.41) is 3.61. The molecule has 1 aliphatic carbocycles. The molecular weight excluding hydrogens is 308 g/mol. The number of hydrogen-bond donors (Lipinski definition) is 1. The minimum Gasteiger partial charge on any atom is -0.347 e. The van der Waals surface area contributed by atoms with Crippen molar-refractivity contribution in [2.45, 2.75) is 32.2 Å². The molecule has 1 N–H and O–H groups in total. The number of carbonyl (C=O) groups is 1. The van der Waals surface area contributed by atoms with Gasteiger partial charge in [-0.25, -0.2) is 0 Å². The first kappa shape index (κ1) is 15.8. The molecule has 0 radical (unpaired) electrons. The fourth-order valence-electron chi connectivity index (χ4n) is 2.88. The molecule has 1 amide bonds. The van der Waals surface area contributed by atoms with E-state index < -0.39 is 0 Å². The van der Waals surface area contributed by atoms with E-state index in [1.807, 2.05) is 12.1 Å². The van der Waals surface area contributed by atoms with Crippen molar-refractivity contribution in [1.29, 1.82) is 0 Å². The van der Waals surface area contributed by atoms with E-state index in [-0.39, 0.29) is 5.91 Å². The maximum absolute atomic E-state index is 12.2. The number of aromatic nitrogens is 1. The average molecular weight is 327 g/mol. The van der Waals surface area contributed by atoms with Crippen LogP contribution in [0.4, 0.5) is 0 Å². The Kier molecular flexibility index (Phi) is 5.09. The number of allylic oxidation sites excluding steroid dienone is 2. The van der Waals surface area contributed by atoms with Gasteiger partial charge in [-0.2, -0.15) is 0 Å². The number of carbonyl (C=O) groups excluding carboxylic acids is 1. The van der Waals surface area contributed by atoms with E-state index in [2.05, 4.69) is 22.4 Å². The van der Waals surface area contributed by atoms with Gasteiger partial charge in [0, 0.05) is 17.8 Å². The average Bonchev–Trinajstić information content (AvgIpc) is 2.62. The van der Waals surface area contributed by atoms with Crippen molar-refractivity contribution < 1.29 is 4.79 Å². The van der Waals surface area contributed by atoms with Crippen LogP contribution in [-0.4, -0.2) is 10.9 Å². The molecule has 23 heavy (non-hydrogen) atoms. The van der Waals surface area contributed by atoms with Gasteiger partial charge in [-0.05, 0) is 60.6 Å². The number of rotatable bonds is 4. The van der Waals surface area contributed by atoms with Gasteiger partial charge in [0.15, 0.2) is 0 Å². The van der Waals surface area contributed by atoms with Gasteiger partial charge >= 0.3 is 0 Å². The first-order chi connectivity index (χ1) is 11.3. The molecule has 1 aliphatic rings. The molecule has 1 heterocycles. The van der Waals surface area contributed by atoms with Crippen LogP contribution < -0.4 is 5.32 Å². The van der Waals surface area contributed by atoms with Crippen molar-refractivity contribution in [2.24, 2.45) is 0 Å². The smallest absolute Gasteiger partial charge is 0.270 e. The molecule has 3 nitrogen and oxygen atoms in total. The minimum absolute atomic E-state index is 0.186. The molecule has 0 bridgehead atoms. The summed E-state index contributed by atoms with van der Waals surface area (Å²) in [7, 11) is 0. The second kappa shape index (κ2) is 7.42. The summed E-state index contributed by atoms with van der Waals surface area (Å²) in [6, 6.07) is 11.2. The Morgan fingerprint density at radius 3 is 2.83 bits per heavy atom. The maximum Gasteiger partial charge on any atom is 0.270 e. The highest BCUT2D eigenvalue weighted by atomic mass is 35.5. The van der Waals surface area contributed by atoms with Gasteiger partial charge in [-0.1, -0.05) is 35.9 Å². The summed E-state index contributed by atoms with van der Waals surface area (Å²) >= 11 is 6.38. The fourth-order valence-corrected chi connectivity index (χ4v) is 3.12. The third kappa shape index (κ3) is 3.80. The molecule has 0 aliphatic heterocycles. The van der Waals surface area contributed by atoms with E-state index in [0.29, 0.717) is 17.3 Å². The predicted molar refractivity (Wildman–Crippen MR) is 93.3 cm³/mol. The maximum atomic E-state index is 12.2. The second-order valence-corrected chi connectivity index (χ2v) is 6.05. The zero-order valence-electron chi connectivity index (χ0n) is 12.9. The van der Waals surface area contributed by atoms with Crippen LogP contribution in [0, 0.1) is 0 Å². The molecule has 0 atom stereocenters. The lowest BCUT2D eigenvalue weighted by Crippen LogP contribution is -2.24. The van der Waals surface area contributed by atoms with Crippen LogP contribution in [0.2, 0.25) is 5.02 Å². The Labute approximate surface area is 141 Å². The molecule has 1 aromatic heterocycles. The second-order valence-electron chi connectivity index (χ2n) is 5.64. The van der Waals surface area contributed by atoms with E-state index in [1.54, 1.807) is 24.4 Å². The van der Waals surface area contributed by atoms with E-state index in [0.717, 1.165) is 24.0 Å². The van der Waals surface area contributed by atoms with Crippen LogP contribution in [-0.2, 0) is 6.54 Å². The molecule has 0 spiro atoms. The van der Waals surface area contributed by atoms with Gasteiger partial charge in [0.25, 0.3) is 5.91 Å².